The molecule has 2 nitrogen and oxygen atoms in total. The summed E-state index contributed by atoms with van der Waals surface area (Å²) in [5.41, 5.74) is 1.09. The van der Waals surface area contributed by atoms with Crippen molar-refractivity contribution in [2.75, 3.05) is 0 Å². The van der Waals surface area contributed by atoms with Crippen molar-refractivity contribution in [1.29, 1.82) is 0 Å². The first kappa shape index (κ1) is 14.9. The third-order valence-corrected chi connectivity index (χ3v) is 4.18. The van der Waals surface area contributed by atoms with Gasteiger partial charge in [0.15, 0.2) is 5.82 Å². The van der Waals surface area contributed by atoms with Crippen molar-refractivity contribution in [3.8, 4) is 0 Å². The SMILES string of the molecule is [CH2]Cc1cn(C(=O)c2ccccc2Br)c2c(F)cc(F)cc12. The molecule has 0 aliphatic rings. The Morgan fingerprint density at radius 2 is 1.95 bits per heavy atom. The highest BCUT2D eigenvalue weighted by molar-refractivity contribution is 9.10. The number of halogens is 3. The van der Waals surface area contributed by atoms with E-state index >= 15 is 0 Å². The topological polar surface area (TPSA) is 22.0 Å². The van der Waals surface area contributed by atoms with Crippen LogP contribution in [0.25, 0.3) is 10.9 Å². The van der Waals surface area contributed by atoms with Crippen LogP contribution in [0.15, 0.2) is 47.1 Å². The summed E-state index contributed by atoms with van der Waals surface area (Å²) in [5, 5.41) is 0.368. The number of rotatable bonds is 2. The van der Waals surface area contributed by atoms with Crippen molar-refractivity contribution >= 4 is 32.7 Å². The third-order valence-electron chi connectivity index (χ3n) is 3.49. The summed E-state index contributed by atoms with van der Waals surface area (Å²) in [7, 11) is 0. The van der Waals surface area contributed by atoms with E-state index in [0.717, 1.165) is 6.07 Å². The van der Waals surface area contributed by atoms with E-state index in [1.807, 2.05) is 0 Å². The second-order valence-electron chi connectivity index (χ2n) is 4.84. The zero-order valence-electron chi connectivity index (χ0n) is 11.4. The van der Waals surface area contributed by atoms with Crippen LogP contribution in [0.1, 0.15) is 15.9 Å². The molecule has 0 spiro atoms. The molecule has 0 saturated carbocycles. The minimum absolute atomic E-state index is 0.0702. The maximum Gasteiger partial charge on any atom is 0.263 e. The van der Waals surface area contributed by atoms with Gasteiger partial charge >= 0.3 is 0 Å². The molecule has 0 atom stereocenters. The summed E-state index contributed by atoms with van der Waals surface area (Å²) >= 11 is 3.31. The summed E-state index contributed by atoms with van der Waals surface area (Å²) < 4.78 is 29.5. The number of hydrogen-bond acceptors (Lipinski definition) is 1. The van der Waals surface area contributed by atoms with Gasteiger partial charge in [-0.1, -0.05) is 12.1 Å². The van der Waals surface area contributed by atoms with Crippen LogP contribution in [0, 0.1) is 18.6 Å². The molecule has 0 aliphatic heterocycles. The van der Waals surface area contributed by atoms with Crippen LogP contribution in [0.4, 0.5) is 8.78 Å². The molecule has 0 saturated heterocycles. The molecule has 0 unspecified atom stereocenters. The maximum atomic E-state index is 14.2. The minimum atomic E-state index is -0.768. The fourth-order valence-corrected chi connectivity index (χ4v) is 2.92. The van der Waals surface area contributed by atoms with Gasteiger partial charge in [0.1, 0.15) is 5.82 Å². The number of hydrogen-bond donors (Lipinski definition) is 0. The molecular weight excluding hydrogens is 352 g/mol. The van der Waals surface area contributed by atoms with Crippen LogP contribution in [0.2, 0.25) is 0 Å². The van der Waals surface area contributed by atoms with Crippen LogP contribution in [-0.2, 0) is 6.42 Å². The Balaban J connectivity index is 2.28. The van der Waals surface area contributed by atoms with Gasteiger partial charge in [-0.15, -0.1) is 0 Å². The number of aromatic nitrogens is 1. The molecule has 0 aliphatic carbocycles. The predicted octanol–water partition coefficient (Wildman–Crippen LogP) is 4.75. The lowest BCUT2D eigenvalue weighted by Gasteiger charge is -2.06. The van der Waals surface area contributed by atoms with Crippen LogP contribution in [0.3, 0.4) is 0 Å². The normalized spacial score (nSPS) is 11.1. The maximum absolute atomic E-state index is 14.2. The Kier molecular flexibility index (Phi) is 3.83. The lowest BCUT2D eigenvalue weighted by molar-refractivity contribution is 0.0963. The quantitative estimate of drug-likeness (QED) is 0.644. The average Bonchev–Trinajstić information content (AvgIpc) is 2.86. The molecule has 5 heteroatoms. The molecule has 0 bridgehead atoms. The lowest BCUT2D eigenvalue weighted by atomic mass is 10.1. The van der Waals surface area contributed by atoms with Gasteiger partial charge in [-0.2, -0.15) is 0 Å². The molecular formula is C17H11BrF2NO. The summed E-state index contributed by atoms with van der Waals surface area (Å²) in [5.74, 6) is -1.83. The molecule has 1 heterocycles. The molecule has 2 aromatic carbocycles. The number of fused-ring (bicyclic) bond motifs is 1. The molecule has 3 rings (SSSR count). The Labute approximate surface area is 134 Å². The first-order valence-corrected chi connectivity index (χ1v) is 7.39. The van der Waals surface area contributed by atoms with Crippen molar-refractivity contribution in [2.24, 2.45) is 0 Å². The lowest BCUT2D eigenvalue weighted by Crippen LogP contribution is -2.12. The van der Waals surface area contributed by atoms with Gasteiger partial charge < -0.3 is 0 Å². The van der Waals surface area contributed by atoms with E-state index in [2.05, 4.69) is 22.9 Å². The van der Waals surface area contributed by atoms with Gasteiger partial charge in [-0.05, 0) is 53.0 Å². The van der Waals surface area contributed by atoms with Crippen molar-refractivity contribution < 1.29 is 13.6 Å². The van der Waals surface area contributed by atoms with E-state index in [-0.39, 0.29) is 11.4 Å². The minimum Gasteiger partial charge on any atom is -0.280 e. The smallest absolute Gasteiger partial charge is 0.263 e. The Hall–Kier alpha value is -2.01. The number of carbonyl (C=O) groups excluding carboxylic acids is 1. The van der Waals surface area contributed by atoms with E-state index in [1.54, 1.807) is 24.3 Å². The summed E-state index contributed by atoms with van der Waals surface area (Å²) in [6.45, 7) is 3.75. The average molecular weight is 363 g/mol. The molecule has 1 radical (unpaired) electrons. The zero-order valence-corrected chi connectivity index (χ0v) is 13.0. The van der Waals surface area contributed by atoms with E-state index in [4.69, 9.17) is 0 Å². The molecule has 0 fully saturated rings. The van der Waals surface area contributed by atoms with Crippen molar-refractivity contribution in [1.82, 2.24) is 4.57 Å². The molecule has 1 aromatic heterocycles. The van der Waals surface area contributed by atoms with Gasteiger partial charge in [0.05, 0.1) is 11.1 Å². The van der Waals surface area contributed by atoms with Crippen LogP contribution < -0.4 is 0 Å². The van der Waals surface area contributed by atoms with E-state index < -0.39 is 11.6 Å². The molecule has 111 valence electrons. The second kappa shape index (κ2) is 5.65. The van der Waals surface area contributed by atoms with E-state index in [0.29, 0.717) is 27.4 Å². The first-order chi connectivity index (χ1) is 10.5. The van der Waals surface area contributed by atoms with E-state index in [9.17, 15) is 13.6 Å². The first-order valence-electron chi connectivity index (χ1n) is 6.60. The van der Waals surface area contributed by atoms with Gasteiger partial charge in [0.2, 0.25) is 0 Å². The standard InChI is InChI=1S/C17H11BrF2NO/c1-2-10-9-21(16-13(10)7-11(19)8-15(16)20)17(22)12-5-3-4-6-14(12)18/h3-9H,1-2H2. The summed E-state index contributed by atoms with van der Waals surface area (Å²) in [4.78, 5) is 12.7. The van der Waals surface area contributed by atoms with Crippen molar-refractivity contribution in [2.45, 2.75) is 6.42 Å². The Bertz CT molecular complexity index is 886. The summed E-state index contributed by atoms with van der Waals surface area (Å²) in [6.07, 6.45) is 1.84. The number of nitrogens with zero attached hydrogens (tertiary/aromatic N) is 1. The molecule has 3 aromatic rings. The number of benzene rings is 2. The highest BCUT2D eigenvalue weighted by Gasteiger charge is 2.20. The monoisotopic (exact) mass is 362 g/mol. The highest BCUT2D eigenvalue weighted by atomic mass is 79.9. The van der Waals surface area contributed by atoms with Crippen molar-refractivity contribution in [3.05, 3.63) is 76.8 Å². The molecule has 22 heavy (non-hydrogen) atoms. The van der Waals surface area contributed by atoms with Gasteiger partial charge in [-0.25, -0.2) is 8.78 Å². The van der Waals surface area contributed by atoms with Crippen LogP contribution in [0.5, 0.6) is 0 Å². The van der Waals surface area contributed by atoms with Crippen LogP contribution >= 0.6 is 15.9 Å². The largest absolute Gasteiger partial charge is 0.280 e. The van der Waals surface area contributed by atoms with Gasteiger partial charge in [0.25, 0.3) is 5.91 Å². The van der Waals surface area contributed by atoms with Gasteiger partial charge in [0, 0.05) is 22.1 Å². The number of carbonyl (C=O) groups is 1. The second-order valence-corrected chi connectivity index (χ2v) is 5.70. The Morgan fingerprint density at radius 1 is 1.23 bits per heavy atom. The predicted molar refractivity (Wildman–Crippen MR) is 84.8 cm³/mol. The van der Waals surface area contributed by atoms with Gasteiger partial charge in [-0.3, -0.25) is 9.36 Å². The fourth-order valence-electron chi connectivity index (χ4n) is 2.47. The Morgan fingerprint density at radius 3 is 2.64 bits per heavy atom. The molecule has 0 N–H and O–H groups in total. The summed E-state index contributed by atoms with van der Waals surface area (Å²) in [6, 6.07) is 8.89. The zero-order chi connectivity index (χ0) is 15.9. The highest BCUT2D eigenvalue weighted by Crippen LogP contribution is 2.28. The molecule has 0 amide bonds. The fraction of sp³-hybridized carbons (Fsp3) is 0.0588. The third kappa shape index (κ3) is 2.35. The van der Waals surface area contributed by atoms with Crippen molar-refractivity contribution in [3.63, 3.8) is 0 Å². The van der Waals surface area contributed by atoms with E-state index in [1.165, 1.54) is 16.8 Å². The van der Waals surface area contributed by atoms with Crippen LogP contribution in [-0.4, -0.2) is 10.5 Å².